The molecule has 0 aliphatic carbocycles. The van der Waals surface area contributed by atoms with E-state index >= 15 is 0 Å². The number of hydrogen-bond acceptors (Lipinski definition) is 7. The average Bonchev–Trinajstić information content (AvgIpc) is 3.75. The van der Waals surface area contributed by atoms with E-state index in [0.29, 0.717) is 12.0 Å². The number of cyclic esters (lactones) is 1. The van der Waals surface area contributed by atoms with Crippen molar-refractivity contribution in [3.8, 4) is 0 Å². The van der Waals surface area contributed by atoms with Crippen LogP contribution < -0.4 is 0 Å². The first-order valence-corrected chi connectivity index (χ1v) is 18.6. The lowest BCUT2D eigenvalue weighted by molar-refractivity contribution is -0.139. The maximum Gasteiger partial charge on any atom is 0.334 e. The molecule has 7 heteroatoms. The molecule has 0 aromatic rings. The lowest BCUT2D eigenvalue weighted by Gasteiger charge is -2.24. The first-order valence-electron chi connectivity index (χ1n) is 18.6. The lowest BCUT2D eigenvalue weighted by Crippen LogP contribution is -2.33. The van der Waals surface area contributed by atoms with Gasteiger partial charge in [0.25, 0.3) is 0 Å². The number of rotatable bonds is 25. The molecule has 0 saturated carbocycles. The highest BCUT2D eigenvalue weighted by molar-refractivity contribution is 5.90. The second-order valence-electron chi connectivity index (χ2n) is 14.0. The molecule has 3 aliphatic rings. The number of unbranched alkanes of at least 4 members (excludes halogenated alkanes) is 14. The van der Waals surface area contributed by atoms with Gasteiger partial charge in [0, 0.05) is 12.0 Å². The molecule has 2 saturated heterocycles. The summed E-state index contributed by atoms with van der Waals surface area (Å²) in [5.74, 6) is -0.281. The largest absolute Gasteiger partial charge is 0.455 e. The van der Waals surface area contributed by atoms with Crippen LogP contribution in [0.2, 0.25) is 0 Å². The zero-order chi connectivity index (χ0) is 31.6. The third-order valence-corrected chi connectivity index (χ3v) is 10.0. The van der Waals surface area contributed by atoms with Crippen LogP contribution in [0, 0.1) is 0 Å². The van der Waals surface area contributed by atoms with E-state index in [1.54, 1.807) is 0 Å². The van der Waals surface area contributed by atoms with Gasteiger partial charge in [-0.3, -0.25) is 0 Å². The van der Waals surface area contributed by atoms with Crippen molar-refractivity contribution in [1.29, 1.82) is 0 Å². The Morgan fingerprint density at radius 3 is 1.52 bits per heavy atom. The fourth-order valence-corrected chi connectivity index (χ4v) is 7.28. The Morgan fingerprint density at radius 1 is 0.659 bits per heavy atom. The highest BCUT2D eigenvalue weighted by Gasteiger charge is 2.40. The summed E-state index contributed by atoms with van der Waals surface area (Å²) < 4.78 is 17.7. The molecule has 8 atom stereocenters. The maximum absolute atomic E-state index is 11.7. The van der Waals surface area contributed by atoms with Crippen LogP contribution in [0.15, 0.2) is 11.6 Å². The Morgan fingerprint density at radius 2 is 1.09 bits per heavy atom. The van der Waals surface area contributed by atoms with Gasteiger partial charge < -0.3 is 29.5 Å². The smallest absolute Gasteiger partial charge is 0.334 e. The van der Waals surface area contributed by atoms with Crippen LogP contribution in [0.4, 0.5) is 0 Å². The van der Waals surface area contributed by atoms with Crippen LogP contribution >= 0.6 is 0 Å². The fourth-order valence-electron chi connectivity index (χ4n) is 7.28. The van der Waals surface area contributed by atoms with Gasteiger partial charge in [-0.05, 0) is 57.9 Å². The zero-order valence-corrected chi connectivity index (χ0v) is 28.1. The molecule has 3 rings (SSSR count). The standard InChI is InChI=1S/C37H66O7/c1-3-4-5-6-7-11-14-17-20-31(39)33-22-24-35(43-33)36-25-23-34(44-36)32(40)21-18-15-12-9-8-10-13-16-19-30(38)27-29-26-28(2)42-37(29)41/h26,28,30-36,38-40H,3-25,27H2,1-2H3/t28-,30+,31+,32+,33+,34+,35-,36-/m0/s1. The molecule has 0 aromatic heterocycles. The highest BCUT2D eigenvalue weighted by Crippen LogP contribution is 2.34. The van der Waals surface area contributed by atoms with E-state index in [4.69, 9.17) is 14.2 Å². The zero-order valence-electron chi connectivity index (χ0n) is 28.1. The summed E-state index contributed by atoms with van der Waals surface area (Å²) in [6.07, 6.45) is 26.1. The Labute approximate surface area is 268 Å². The fraction of sp³-hybridized carbons (Fsp3) is 0.919. The van der Waals surface area contributed by atoms with Gasteiger partial charge >= 0.3 is 5.97 Å². The number of ether oxygens (including phenoxy) is 3. The third-order valence-electron chi connectivity index (χ3n) is 10.0. The Kier molecular flexibility index (Phi) is 18.5. The van der Waals surface area contributed by atoms with Crippen molar-refractivity contribution in [2.75, 3.05) is 0 Å². The van der Waals surface area contributed by atoms with Gasteiger partial charge in [-0.15, -0.1) is 0 Å². The molecule has 2 fully saturated rings. The normalized spacial score (nSPS) is 27.4. The maximum atomic E-state index is 11.7. The number of aliphatic hydroxyl groups is 3. The molecule has 0 aromatic carbocycles. The molecule has 3 heterocycles. The highest BCUT2D eigenvalue weighted by atomic mass is 16.6. The molecule has 0 unspecified atom stereocenters. The minimum atomic E-state index is -0.463. The molecular weight excluding hydrogens is 556 g/mol. The lowest BCUT2D eigenvalue weighted by atomic mass is 10.00. The predicted molar refractivity (Wildman–Crippen MR) is 175 cm³/mol. The minimum absolute atomic E-state index is 0.0519. The molecule has 256 valence electrons. The van der Waals surface area contributed by atoms with Crippen molar-refractivity contribution in [2.45, 2.75) is 217 Å². The van der Waals surface area contributed by atoms with E-state index in [9.17, 15) is 20.1 Å². The first kappa shape index (κ1) is 37.5. The Bertz CT molecular complexity index is 801. The first-order chi connectivity index (χ1) is 21.4. The number of carbonyl (C=O) groups is 1. The van der Waals surface area contributed by atoms with E-state index in [1.807, 2.05) is 13.0 Å². The number of aliphatic hydroxyl groups excluding tert-OH is 3. The molecule has 44 heavy (non-hydrogen) atoms. The molecule has 3 N–H and O–H groups in total. The predicted octanol–water partition coefficient (Wildman–Crippen LogP) is 7.86. The van der Waals surface area contributed by atoms with Crippen molar-refractivity contribution in [2.24, 2.45) is 0 Å². The molecule has 0 spiro atoms. The summed E-state index contributed by atoms with van der Waals surface area (Å²) in [5.41, 5.74) is 0.617. The van der Waals surface area contributed by atoms with Crippen molar-refractivity contribution in [1.82, 2.24) is 0 Å². The van der Waals surface area contributed by atoms with E-state index < -0.39 is 12.2 Å². The topological polar surface area (TPSA) is 105 Å². The monoisotopic (exact) mass is 622 g/mol. The molecule has 0 bridgehead atoms. The van der Waals surface area contributed by atoms with E-state index in [1.165, 1.54) is 70.6 Å². The van der Waals surface area contributed by atoms with Gasteiger partial charge in [0.2, 0.25) is 0 Å². The van der Waals surface area contributed by atoms with Crippen molar-refractivity contribution in [3.63, 3.8) is 0 Å². The summed E-state index contributed by atoms with van der Waals surface area (Å²) >= 11 is 0. The van der Waals surface area contributed by atoms with Crippen molar-refractivity contribution < 1.29 is 34.3 Å². The van der Waals surface area contributed by atoms with Crippen LogP contribution in [-0.4, -0.2) is 70.1 Å². The summed E-state index contributed by atoms with van der Waals surface area (Å²) in [5, 5.41) is 31.6. The molecule has 3 aliphatic heterocycles. The van der Waals surface area contributed by atoms with E-state index in [2.05, 4.69) is 6.92 Å². The Balaban J connectivity index is 1.13. The van der Waals surface area contributed by atoms with Gasteiger partial charge in [0.05, 0.1) is 42.7 Å². The second kappa shape index (κ2) is 21.7. The van der Waals surface area contributed by atoms with Crippen molar-refractivity contribution >= 4 is 5.97 Å². The van der Waals surface area contributed by atoms with E-state index in [-0.39, 0.29) is 42.6 Å². The molecule has 0 radical (unpaired) electrons. The van der Waals surface area contributed by atoms with E-state index in [0.717, 1.165) is 77.0 Å². The van der Waals surface area contributed by atoms with Gasteiger partial charge in [-0.1, -0.05) is 110 Å². The third kappa shape index (κ3) is 14.2. The summed E-state index contributed by atoms with van der Waals surface area (Å²) in [6.45, 7) is 4.09. The number of hydrogen-bond donors (Lipinski definition) is 3. The van der Waals surface area contributed by atoms with Gasteiger partial charge in [0.15, 0.2) is 0 Å². The van der Waals surface area contributed by atoms with Crippen LogP contribution in [0.3, 0.4) is 0 Å². The Hall–Kier alpha value is -0.990. The average molecular weight is 623 g/mol. The second-order valence-corrected chi connectivity index (χ2v) is 14.0. The SMILES string of the molecule is CCCCCCCCCC[C@@H](O)[C@H]1CC[C@@H]([C@@H]2CC[C@H]([C@H](O)CCCCCCCCCC[C@@H](O)CC3=C[C@H](C)OC3=O)O2)O1. The van der Waals surface area contributed by atoms with Crippen LogP contribution in [-0.2, 0) is 19.0 Å². The quantitative estimate of drug-likeness (QED) is 0.0703. The van der Waals surface area contributed by atoms with Crippen molar-refractivity contribution in [3.05, 3.63) is 11.6 Å². The van der Waals surface area contributed by atoms with Gasteiger partial charge in [-0.2, -0.15) is 0 Å². The molecule has 7 nitrogen and oxygen atoms in total. The number of carbonyl (C=O) groups excluding carboxylic acids is 1. The van der Waals surface area contributed by atoms with Crippen LogP contribution in [0.25, 0.3) is 0 Å². The molecular formula is C37H66O7. The van der Waals surface area contributed by atoms with Crippen LogP contribution in [0.5, 0.6) is 0 Å². The van der Waals surface area contributed by atoms with Gasteiger partial charge in [0.1, 0.15) is 6.10 Å². The van der Waals surface area contributed by atoms with Crippen LogP contribution in [0.1, 0.15) is 168 Å². The van der Waals surface area contributed by atoms with Gasteiger partial charge in [-0.25, -0.2) is 4.79 Å². The molecule has 0 amide bonds. The minimum Gasteiger partial charge on any atom is -0.455 e. The summed E-state index contributed by atoms with van der Waals surface area (Å²) in [6, 6.07) is 0. The summed E-state index contributed by atoms with van der Waals surface area (Å²) in [4.78, 5) is 11.7. The number of esters is 1. The summed E-state index contributed by atoms with van der Waals surface area (Å²) in [7, 11) is 0.